The van der Waals surface area contributed by atoms with Gasteiger partial charge in [-0.2, -0.15) is 5.26 Å². The lowest BCUT2D eigenvalue weighted by Gasteiger charge is -2.18. The third kappa shape index (κ3) is 2.14. The van der Waals surface area contributed by atoms with Gasteiger partial charge in [-0.25, -0.2) is 0 Å². The minimum Gasteiger partial charge on any atom is -0.769 e. The van der Waals surface area contributed by atoms with Gasteiger partial charge in [-0.1, -0.05) is 6.08 Å². The molecule has 60 valence electrons. The fraction of sp³-hybridized carbons (Fsp3) is 0.571. The van der Waals surface area contributed by atoms with E-state index in [1.807, 2.05) is 0 Å². The van der Waals surface area contributed by atoms with E-state index in [0.717, 1.165) is 6.42 Å². The molecule has 2 unspecified atom stereocenters. The van der Waals surface area contributed by atoms with E-state index in [0.29, 0.717) is 17.7 Å². The molecular weight excluding hydrogens is 162 g/mol. The number of hydrogen-bond acceptors (Lipinski definition) is 3. The molecule has 2 atom stereocenters. The largest absolute Gasteiger partial charge is 0.769 e. The van der Waals surface area contributed by atoms with Crippen molar-refractivity contribution in [1.29, 1.82) is 5.26 Å². The molecule has 0 spiro atoms. The molecule has 0 aliphatic heterocycles. The molecule has 4 heteroatoms. The molecule has 0 heterocycles. The zero-order valence-electron chi connectivity index (χ0n) is 5.95. The number of hydrogen-bond donors (Lipinski definition) is 0. The molecule has 0 aromatic rings. The SMILES string of the molecule is N#CC1CCC=C(S(=O)[O-])C1. The molecule has 0 saturated heterocycles. The summed E-state index contributed by atoms with van der Waals surface area (Å²) in [6.45, 7) is 0. The van der Waals surface area contributed by atoms with Gasteiger partial charge in [0.25, 0.3) is 0 Å². The maximum absolute atomic E-state index is 10.4. The van der Waals surface area contributed by atoms with Crippen LogP contribution in [-0.4, -0.2) is 8.76 Å². The lowest BCUT2D eigenvalue weighted by Crippen LogP contribution is -2.07. The van der Waals surface area contributed by atoms with Crippen molar-refractivity contribution in [3.63, 3.8) is 0 Å². The van der Waals surface area contributed by atoms with Crippen LogP contribution in [0.3, 0.4) is 0 Å². The van der Waals surface area contributed by atoms with Gasteiger partial charge in [-0.3, -0.25) is 4.21 Å². The second-order valence-corrected chi connectivity index (χ2v) is 3.51. The molecule has 0 fully saturated rings. The monoisotopic (exact) mass is 170 g/mol. The second kappa shape index (κ2) is 3.65. The van der Waals surface area contributed by atoms with Gasteiger partial charge < -0.3 is 4.55 Å². The van der Waals surface area contributed by atoms with Crippen molar-refractivity contribution in [2.45, 2.75) is 19.3 Å². The molecule has 0 aromatic carbocycles. The molecule has 11 heavy (non-hydrogen) atoms. The Kier molecular flexibility index (Phi) is 2.80. The molecule has 0 saturated carbocycles. The van der Waals surface area contributed by atoms with E-state index in [1.54, 1.807) is 6.08 Å². The van der Waals surface area contributed by atoms with Crippen LogP contribution in [0.1, 0.15) is 19.3 Å². The lowest BCUT2D eigenvalue weighted by atomic mass is 9.96. The van der Waals surface area contributed by atoms with Gasteiger partial charge in [0.15, 0.2) is 0 Å². The van der Waals surface area contributed by atoms with Crippen molar-refractivity contribution >= 4 is 11.1 Å². The summed E-state index contributed by atoms with van der Waals surface area (Å²) < 4.78 is 20.9. The fourth-order valence-corrected chi connectivity index (χ4v) is 1.71. The number of allylic oxidation sites excluding steroid dienone is 2. The lowest BCUT2D eigenvalue weighted by molar-refractivity contribution is 0.528. The average Bonchev–Trinajstić information content (AvgIpc) is 2.05. The first-order valence-corrected chi connectivity index (χ1v) is 4.49. The van der Waals surface area contributed by atoms with E-state index in [-0.39, 0.29) is 5.92 Å². The molecule has 0 bridgehead atoms. The van der Waals surface area contributed by atoms with Crippen LogP contribution >= 0.6 is 0 Å². The highest BCUT2D eigenvalue weighted by molar-refractivity contribution is 7.83. The Hall–Kier alpha value is -0.660. The van der Waals surface area contributed by atoms with Crippen molar-refractivity contribution < 1.29 is 8.76 Å². The Bertz CT molecular complexity index is 241. The highest BCUT2D eigenvalue weighted by Crippen LogP contribution is 2.24. The van der Waals surface area contributed by atoms with Crippen molar-refractivity contribution in [1.82, 2.24) is 0 Å². The van der Waals surface area contributed by atoms with Gasteiger partial charge in [0.2, 0.25) is 0 Å². The number of nitriles is 1. The topological polar surface area (TPSA) is 63.9 Å². The van der Waals surface area contributed by atoms with Crippen molar-refractivity contribution in [3.8, 4) is 6.07 Å². The first-order valence-electron chi connectivity index (χ1n) is 3.42. The molecule has 0 radical (unpaired) electrons. The Morgan fingerprint density at radius 3 is 3.09 bits per heavy atom. The first-order chi connectivity index (χ1) is 5.24. The molecule has 3 nitrogen and oxygen atoms in total. The minimum absolute atomic E-state index is 0.104. The predicted octanol–water partition coefficient (Wildman–Crippen LogP) is 1.07. The number of nitrogens with zero attached hydrogens (tertiary/aromatic N) is 1. The van der Waals surface area contributed by atoms with Crippen molar-refractivity contribution in [2.24, 2.45) is 5.92 Å². The van der Waals surface area contributed by atoms with E-state index < -0.39 is 11.1 Å². The smallest absolute Gasteiger partial charge is 0.0659 e. The van der Waals surface area contributed by atoms with Gasteiger partial charge >= 0.3 is 0 Å². The molecule has 1 aliphatic carbocycles. The van der Waals surface area contributed by atoms with Gasteiger partial charge in [-0.05, 0) is 35.2 Å². The fourth-order valence-electron chi connectivity index (χ4n) is 1.12. The Morgan fingerprint density at radius 2 is 2.55 bits per heavy atom. The van der Waals surface area contributed by atoms with Gasteiger partial charge in [0.05, 0.1) is 12.0 Å². The zero-order valence-corrected chi connectivity index (χ0v) is 6.76. The maximum atomic E-state index is 10.4. The van der Waals surface area contributed by atoms with Crippen LogP contribution in [0, 0.1) is 17.2 Å². The zero-order chi connectivity index (χ0) is 8.27. The van der Waals surface area contributed by atoms with Crippen LogP contribution in [0.25, 0.3) is 0 Å². The summed E-state index contributed by atoms with van der Waals surface area (Å²) >= 11 is -2.11. The van der Waals surface area contributed by atoms with Gasteiger partial charge in [0, 0.05) is 0 Å². The summed E-state index contributed by atoms with van der Waals surface area (Å²) in [5, 5.41) is 8.51. The Balaban J connectivity index is 2.64. The summed E-state index contributed by atoms with van der Waals surface area (Å²) in [7, 11) is 0. The summed E-state index contributed by atoms with van der Waals surface area (Å²) in [5.74, 6) is -0.104. The summed E-state index contributed by atoms with van der Waals surface area (Å²) in [6, 6.07) is 2.07. The maximum Gasteiger partial charge on any atom is 0.0659 e. The van der Waals surface area contributed by atoms with Gasteiger partial charge in [-0.15, -0.1) is 0 Å². The summed E-state index contributed by atoms with van der Waals surface area (Å²) in [4.78, 5) is 0.391. The van der Waals surface area contributed by atoms with Crippen LogP contribution in [0.5, 0.6) is 0 Å². The second-order valence-electron chi connectivity index (χ2n) is 2.51. The van der Waals surface area contributed by atoms with Crippen LogP contribution in [0.4, 0.5) is 0 Å². The minimum atomic E-state index is -2.11. The van der Waals surface area contributed by atoms with Crippen LogP contribution < -0.4 is 0 Å². The number of rotatable bonds is 1. The summed E-state index contributed by atoms with van der Waals surface area (Å²) in [6.07, 6.45) is 3.59. The average molecular weight is 170 g/mol. The van der Waals surface area contributed by atoms with E-state index in [2.05, 4.69) is 6.07 Å². The molecule has 0 amide bonds. The van der Waals surface area contributed by atoms with Gasteiger partial charge in [0.1, 0.15) is 0 Å². The third-order valence-corrected chi connectivity index (χ3v) is 2.49. The highest BCUT2D eigenvalue weighted by Gasteiger charge is 2.14. The first kappa shape index (κ1) is 8.44. The summed E-state index contributed by atoms with van der Waals surface area (Å²) in [5.41, 5.74) is 0. The van der Waals surface area contributed by atoms with E-state index >= 15 is 0 Å². The highest BCUT2D eigenvalue weighted by atomic mass is 32.2. The Morgan fingerprint density at radius 1 is 1.82 bits per heavy atom. The molecule has 0 aromatic heterocycles. The predicted molar refractivity (Wildman–Crippen MR) is 40.0 cm³/mol. The van der Waals surface area contributed by atoms with Crippen molar-refractivity contribution in [3.05, 3.63) is 11.0 Å². The normalized spacial score (nSPS) is 26.9. The standard InChI is InChI=1S/C7H9NO2S/c8-5-6-2-1-3-7(4-6)11(9)10/h3,6H,1-2,4H2,(H,9,10)/p-1. The van der Waals surface area contributed by atoms with E-state index in [4.69, 9.17) is 5.26 Å². The van der Waals surface area contributed by atoms with Crippen LogP contribution in [-0.2, 0) is 11.1 Å². The third-order valence-electron chi connectivity index (χ3n) is 1.73. The van der Waals surface area contributed by atoms with Crippen LogP contribution in [0.2, 0.25) is 0 Å². The quantitative estimate of drug-likeness (QED) is 0.553. The molecular formula is C7H8NO2S-. The van der Waals surface area contributed by atoms with E-state index in [1.165, 1.54) is 0 Å². The van der Waals surface area contributed by atoms with Crippen molar-refractivity contribution in [2.75, 3.05) is 0 Å². The molecule has 1 rings (SSSR count). The van der Waals surface area contributed by atoms with E-state index in [9.17, 15) is 8.76 Å². The van der Waals surface area contributed by atoms with Crippen LogP contribution in [0.15, 0.2) is 11.0 Å². The molecule has 1 aliphatic rings. The Labute approximate surface area is 68.0 Å². The molecule has 0 N–H and O–H groups in total.